The first-order chi connectivity index (χ1) is 9.08. The lowest BCUT2D eigenvalue weighted by atomic mass is 10.1. The van der Waals surface area contributed by atoms with E-state index >= 15 is 0 Å². The second kappa shape index (κ2) is 7.41. The molecule has 0 aliphatic rings. The summed E-state index contributed by atoms with van der Waals surface area (Å²) in [6.07, 6.45) is 2.08. The zero-order chi connectivity index (χ0) is 14.3. The number of ether oxygens (including phenoxy) is 1. The van der Waals surface area contributed by atoms with Crippen molar-refractivity contribution in [3.63, 3.8) is 0 Å². The van der Waals surface area contributed by atoms with Crippen molar-refractivity contribution in [2.75, 3.05) is 7.11 Å². The predicted octanol–water partition coefficient (Wildman–Crippen LogP) is 2.07. The molecule has 2 N–H and O–H groups in total. The summed E-state index contributed by atoms with van der Waals surface area (Å²) in [5.41, 5.74) is 0.391. The molecule has 1 atom stereocenters. The summed E-state index contributed by atoms with van der Waals surface area (Å²) in [6, 6.07) is 5.77. The molecule has 5 nitrogen and oxygen atoms in total. The molecular weight excluding hydrogens is 246 g/mol. The Morgan fingerprint density at radius 1 is 1.42 bits per heavy atom. The second-order valence-electron chi connectivity index (χ2n) is 4.24. The average Bonchev–Trinajstić information content (AvgIpc) is 2.42. The predicted molar refractivity (Wildman–Crippen MR) is 71.4 cm³/mol. The van der Waals surface area contributed by atoms with Crippen LogP contribution in [0.25, 0.3) is 0 Å². The van der Waals surface area contributed by atoms with Gasteiger partial charge in [0.15, 0.2) is 0 Å². The van der Waals surface area contributed by atoms with Crippen LogP contribution in [0.5, 0.6) is 5.75 Å². The van der Waals surface area contributed by atoms with Gasteiger partial charge in [-0.2, -0.15) is 0 Å². The molecular formula is C14H19NO4. The first kappa shape index (κ1) is 15.0. The van der Waals surface area contributed by atoms with Crippen LogP contribution in [0, 0.1) is 0 Å². The Morgan fingerprint density at radius 3 is 2.74 bits per heavy atom. The quantitative estimate of drug-likeness (QED) is 0.791. The largest absolute Gasteiger partial charge is 0.497 e. The number of carbonyl (C=O) groups excluding carboxylic acids is 1. The maximum absolute atomic E-state index is 12.0. The minimum absolute atomic E-state index is 0.391. The monoisotopic (exact) mass is 265 g/mol. The number of carboxylic acid groups (broad SMARTS) is 1. The topological polar surface area (TPSA) is 75.6 Å². The number of carboxylic acids is 1. The fourth-order valence-electron chi connectivity index (χ4n) is 1.67. The lowest BCUT2D eigenvalue weighted by molar-refractivity contribution is -0.139. The molecule has 19 heavy (non-hydrogen) atoms. The van der Waals surface area contributed by atoms with E-state index in [9.17, 15) is 9.59 Å². The van der Waals surface area contributed by atoms with E-state index in [4.69, 9.17) is 9.84 Å². The third-order valence-corrected chi connectivity index (χ3v) is 2.78. The molecule has 0 bridgehead atoms. The van der Waals surface area contributed by atoms with Crippen LogP contribution in [0.15, 0.2) is 24.3 Å². The fraction of sp³-hybridized carbons (Fsp3) is 0.429. The van der Waals surface area contributed by atoms with Gasteiger partial charge < -0.3 is 15.2 Å². The number of benzene rings is 1. The van der Waals surface area contributed by atoms with E-state index in [1.54, 1.807) is 24.3 Å². The molecule has 0 radical (unpaired) electrons. The maximum atomic E-state index is 12.0. The SMILES string of the molecule is CCCC[C@H](NC(=O)c1cccc(OC)c1)C(=O)O. The van der Waals surface area contributed by atoms with Crippen molar-refractivity contribution in [1.29, 1.82) is 0 Å². The van der Waals surface area contributed by atoms with Crippen molar-refractivity contribution in [3.8, 4) is 5.75 Å². The zero-order valence-electron chi connectivity index (χ0n) is 11.2. The van der Waals surface area contributed by atoms with Gasteiger partial charge in [0.25, 0.3) is 5.91 Å². The molecule has 0 aliphatic carbocycles. The number of unbranched alkanes of at least 4 members (excludes halogenated alkanes) is 1. The molecule has 0 spiro atoms. The van der Waals surface area contributed by atoms with Crippen LogP contribution < -0.4 is 10.1 Å². The van der Waals surface area contributed by atoms with Crippen molar-refractivity contribution in [1.82, 2.24) is 5.32 Å². The van der Waals surface area contributed by atoms with Crippen LogP contribution in [0.4, 0.5) is 0 Å². The first-order valence-electron chi connectivity index (χ1n) is 6.26. The minimum atomic E-state index is -1.01. The molecule has 0 aliphatic heterocycles. The second-order valence-corrected chi connectivity index (χ2v) is 4.24. The number of aliphatic carboxylic acids is 1. The smallest absolute Gasteiger partial charge is 0.326 e. The summed E-state index contributed by atoms with van der Waals surface area (Å²) in [4.78, 5) is 23.0. The number of methoxy groups -OCH3 is 1. The molecule has 5 heteroatoms. The molecule has 0 unspecified atom stereocenters. The van der Waals surface area contributed by atoms with Crippen molar-refractivity contribution < 1.29 is 19.4 Å². The van der Waals surface area contributed by atoms with Gasteiger partial charge in [0.2, 0.25) is 0 Å². The lowest BCUT2D eigenvalue weighted by Gasteiger charge is -2.14. The van der Waals surface area contributed by atoms with E-state index in [1.165, 1.54) is 7.11 Å². The first-order valence-corrected chi connectivity index (χ1v) is 6.26. The van der Waals surface area contributed by atoms with Crippen LogP contribution in [0.2, 0.25) is 0 Å². The Balaban J connectivity index is 2.72. The van der Waals surface area contributed by atoms with E-state index in [0.29, 0.717) is 17.7 Å². The van der Waals surface area contributed by atoms with Crippen molar-refractivity contribution in [2.24, 2.45) is 0 Å². The highest BCUT2D eigenvalue weighted by Gasteiger charge is 2.20. The zero-order valence-corrected chi connectivity index (χ0v) is 11.2. The van der Waals surface area contributed by atoms with E-state index in [0.717, 1.165) is 12.8 Å². The Kier molecular flexibility index (Phi) is 5.85. The normalized spacial score (nSPS) is 11.7. The Hall–Kier alpha value is -2.04. The maximum Gasteiger partial charge on any atom is 0.326 e. The van der Waals surface area contributed by atoms with Gasteiger partial charge in [0, 0.05) is 5.56 Å². The van der Waals surface area contributed by atoms with Crippen LogP contribution in [0.3, 0.4) is 0 Å². The lowest BCUT2D eigenvalue weighted by Crippen LogP contribution is -2.40. The molecule has 104 valence electrons. The Labute approximate surface area is 112 Å². The fourth-order valence-corrected chi connectivity index (χ4v) is 1.67. The van der Waals surface area contributed by atoms with Crippen LogP contribution in [-0.4, -0.2) is 30.1 Å². The number of amides is 1. The number of hydrogen-bond acceptors (Lipinski definition) is 3. The van der Waals surface area contributed by atoms with Gasteiger partial charge in [0.1, 0.15) is 11.8 Å². The van der Waals surface area contributed by atoms with Gasteiger partial charge in [-0.05, 0) is 24.6 Å². The highest BCUT2D eigenvalue weighted by atomic mass is 16.5. The third-order valence-electron chi connectivity index (χ3n) is 2.78. The third kappa shape index (κ3) is 4.62. The molecule has 0 aromatic heterocycles. The molecule has 1 amide bonds. The van der Waals surface area contributed by atoms with Gasteiger partial charge >= 0.3 is 5.97 Å². The van der Waals surface area contributed by atoms with Gasteiger partial charge in [-0.25, -0.2) is 4.79 Å². The molecule has 0 fully saturated rings. The van der Waals surface area contributed by atoms with E-state index in [2.05, 4.69) is 5.32 Å². The number of carbonyl (C=O) groups is 2. The van der Waals surface area contributed by atoms with E-state index in [1.807, 2.05) is 6.92 Å². The van der Waals surface area contributed by atoms with Crippen molar-refractivity contribution >= 4 is 11.9 Å². The summed E-state index contributed by atoms with van der Waals surface area (Å²) >= 11 is 0. The van der Waals surface area contributed by atoms with Crippen LogP contribution in [-0.2, 0) is 4.79 Å². The molecule has 1 aromatic carbocycles. The summed E-state index contributed by atoms with van der Waals surface area (Å²) < 4.78 is 5.03. The van der Waals surface area contributed by atoms with Crippen molar-refractivity contribution in [3.05, 3.63) is 29.8 Å². The van der Waals surface area contributed by atoms with Gasteiger partial charge in [-0.15, -0.1) is 0 Å². The van der Waals surface area contributed by atoms with E-state index < -0.39 is 17.9 Å². The van der Waals surface area contributed by atoms with E-state index in [-0.39, 0.29) is 0 Å². The summed E-state index contributed by atoms with van der Waals surface area (Å²) in [5.74, 6) is -0.847. The van der Waals surface area contributed by atoms with Crippen LogP contribution in [0.1, 0.15) is 36.5 Å². The summed E-state index contributed by atoms with van der Waals surface area (Å²) in [7, 11) is 1.51. The molecule has 1 aromatic rings. The molecule has 0 heterocycles. The highest BCUT2D eigenvalue weighted by Crippen LogP contribution is 2.13. The van der Waals surface area contributed by atoms with Gasteiger partial charge in [-0.1, -0.05) is 25.8 Å². The van der Waals surface area contributed by atoms with Gasteiger partial charge in [-0.3, -0.25) is 4.79 Å². The Morgan fingerprint density at radius 2 is 2.16 bits per heavy atom. The van der Waals surface area contributed by atoms with Crippen molar-refractivity contribution in [2.45, 2.75) is 32.2 Å². The molecule has 0 saturated heterocycles. The Bertz CT molecular complexity index is 445. The number of hydrogen-bond donors (Lipinski definition) is 2. The molecule has 0 saturated carbocycles. The number of rotatable bonds is 7. The summed E-state index contributed by atoms with van der Waals surface area (Å²) in [5, 5.41) is 11.6. The molecule has 1 rings (SSSR count). The van der Waals surface area contributed by atoms with Crippen LogP contribution >= 0.6 is 0 Å². The minimum Gasteiger partial charge on any atom is -0.497 e. The van der Waals surface area contributed by atoms with Gasteiger partial charge in [0.05, 0.1) is 7.11 Å². The number of nitrogens with one attached hydrogen (secondary N) is 1. The average molecular weight is 265 g/mol. The standard InChI is InChI=1S/C14H19NO4/c1-3-4-8-12(14(17)18)15-13(16)10-6-5-7-11(9-10)19-2/h5-7,9,12H,3-4,8H2,1-2H3,(H,15,16)(H,17,18)/t12-/m0/s1. The highest BCUT2D eigenvalue weighted by molar-refractivity contribution is 5.96. The summed E-state index contributed by atoms with van der Waals surface area (Å²) in [6.45, 7) is 1.97.